The molecule has 0 unspecified atom stereocenters. The zero-order valence-corrected chi connectivity index (χ0v) is 13.3. The van der Waals surface area contributed by atoms with Crippen LogP contribution >= 0.6 is 0 Å². The number of fused-ring (bicyclic) bond motifs is 1. The van der Waals surface area contributed by atoms with Gasteiger partial charge in [-0.15, -0.1) is 0 Å². The van der Waals surface area contributed by atoms with Crippen LogP contribution in [0.3, 0.4) is 0 Å². The third-order valence-electron chi connectivity index (χ3n) is 4.58. The summed E-state index contributed by atoms with van der Waals surface area (Å²) in [5, 5.41) is 2.94. The van der Waals surface area contributed by atoms with E-state index in [9.17, 15) is 9.18 Å². The lowest BCUT2D eigenvalue weighted by Gasteiger charge is -2.33. The molecule has 3 rings (SSSR count). The molecule has 1 aliphatic carbocycles. The minimum absolute atomic E-state index is 0.0958. The number of anilines is 1. The van der Waals surface area contributed by atoms with Crippen LogP contribution in [0, 0.1) is 5.41 Å². The fourth-order valence-corrected chi connectivity index (χ4v) is 2.94. The molecule has 6 heteroatoms. The maximum absolute atomic E-state index is 13.3. The summed E-state index contributed by atoms with van der Waals surface area (Å²) < 4.78 is 18.5. The number of amides is 1. The van der Waals surface area contributed by atoms with Crippen molar-refractivity contribution in [2.24, 2.45) is 5.41 Å². The summed E-state index contributed by atoms with van der Waals surface area (Å²) in [6, 6.07) is 5.24. The van der Waals surface area contributed by atoms with Crippen LogP contribution in [0.2, 0.25) is 0 Å². The van der Waals surface area contributed by atoms with Crippen molar-refractivity contribution in [3.05, 3.63) is 24.4 Å². The van der Waals surface area contributed by atoms with E-state index in [-0.39, 0.29) is 5.91 Å². The Labute approximate surface area is 134 Å². The third kappa shape index (κ3) is 3.11. The zero-order chi connectivity index (χ0) is 16.4. The fraction of sp³-hybridized carbons (Fsp3) is 0.471. The number of halogens is 1. The van der Waals surface area contributed by atoms with Gasteiger partial charge in [0.25, 0.3) is 0 Å². The number of methoxy groups -OCH3 is 1. The topological polar surface area (TPSA) is 64.1 Å². The summed E-state index contributed by atoms with van der Waals surface area (Å²) in [4.78, 5) is 21.3. The number of nitrogens with one attached hydrogen (secondary N) is 1. The molecule has 0 aromatic carbocycles. The maximum atomic E-state index is 13.3. The van der Waals surface area contributed by atoms with Crippen LogP contribution in [0.4, 0.5) is 10.1 Å². The molecule has 23 heavy (non-hydrogen) atoms. The van der Waals surface area contributed by atoms with Crippen LogP contribution in [-0.2, 0) is 4.79 Å². The largest absolute Gasteiger partial charge is 0.481 e. The predicted molar refractivity (Wildman–Crippen MR) is 86.2 cm³/mol. The second-order valence-corrected chi connectivity index (χ2v) is 6.27. The highest BCUT2D eigenvalue weighted by Gasteiger charge is 2.37. The highest BCUT2D eigenvalue weighted by atomic mass is 19.1. The smallest absolute Gasteiger partial charge is 0.230 e. The summed E-state index contributed by atoms with van der Waals surface area (Å²) in [5.74, 6) is 0.367. The molecule has 0 spiro atoms. The van der Waals surface area contributed by atoms with E-state index in [0.717, 1.165) is 0 Å². The summed E-state index contributed by atoms with van der Waals surface area (Å²) in [5.41, 5.74) is 1.32. The highest BCUT2D eigenvalue weighted by molar-refractivity contribution is 6.01. The van der Waals surface area contributed by atoms with Crippen LogP contribution in [-0.4, -0.2) is 29.2 Å². The van der Waals surface area contributed by atoms with Gasteiger partial charge in [0.05, 0.1) is 18.3 Å². The van der Waals surface area contributed by atoms with Gasteiger partial charge >= 0.3 is 0 Å². The molecule has 0 atom stereocenters. The Bertz CT molecular complexity index is 727. The first-order valence-corrected chi connectivity index (χ1v) is 7.77. The SMILES string of the molecule is COc1ccc2nccc(NC(=O)[C@]3(C)CC[C@@H](F)CC3)c2n1. The van der Waals surface area contributed by atoms with E-state index in [1.54, 1.807) is 31.5 Å². The first kappa shape index (κ1) is 15.6. The van der Waals surface area contributed by atoms with Gasteiger partial charge in [0.1, 0.15) is 11.7 Å². The molecular formula is C17H20FN3O2. The Hall–Kier alpha value is -2.24. The van der Waals surface area contributed by atoms with Crippen molar-refractivity contribution in [3.63, 3.8) is 0 Å². The molecule has 1 amide bonds. The lowest BCUT2D eigenvalue weighted by Crippen LogP contribution is -2.37. The molecule has 122 valence electrons. The maximum Gasteiger partial charge on any atom is 0.230 e. The number of rotatable bonds is 3. The molecule has 1 aliphatic rings. The summed E-state index contributed by atoms with van der Waals surface area (Å²) >= 11 is 0. The van der Waals surface area contributed by atoms with E-state index in [1.165, 1.54) is 0 Å². The Kier molecular flexibility index (Phi) is 4.15. The summed E-state index contributed by atoms with van der Waals surface area (Å²) in [6.07, 6.45) is 2.83. The molecule has 2 aromatic heterocycles. The van der Waals surface area contributed by atoms with E-state index >= 15 is 0 Å². The number of pyridine rings is 2. The summed E-state index contributed by atoms with van der Waals surface area (Å²) in [6.45, 7) is 1.89. The van der Waals surface area contributed by atoms with Crippen LogP contribution in [0.1, 0.15) is 32.6 Å². The third-order valence-corrected chi connectivity index (χ3v) is 4.58. The van der Waals surface area contributed by atoms with Gasteiger partial charge in [0.2, 0.25) is 11.8 Å². The van der Waals surface area contributed by atoms with Gasteiger partial charge in [0.15, 0.2) is 0 Å². The monoisotopic (exact) mass is 317 g/mol. The Morgan fingerprint density at radius 3 is 2.78 bits per heavy atom. The first-order valence-electron chi connectivity index (χ1n) is 7.77. The molecule has 5 nitrogen and oxygen atoms in total. The second-order valence-electron chi connectivity index (χ2n) is 6.27. The second kappa shape index (κ2) is 6.10. The quantitative estimate of drug-likeness (QED) is 0.941. The van der Waals surface area contributed by atoms with Crippen molar-refractivity contribution in [1.82, 2.24) is 9.97 Å². The number of hydrogen-bond donors (Lipinski definition) is 1. The minimum atomic E-state index is -0.788. The van der Waals surface area contributed by atoms with Gasteiger partial charge in [-0.1, -0.05) is 6.92 Å². The van der Waals surface area contributed by atoms with Crippen molar-refractivity contribution in [2.75, 3.05) is 12.4 Å². The molecule has 0 saturated heterocycles. The van der Waals surface area contributed by atoms with Gasteiger partial charge in [-0.2, -0.15) is 0 Å². The van der Waals surface area contributed by atoms with Gasteiger partial charge in [0, 0.05) is 17.7 Å². The fourth-order valence-electron chi connectivity index (χ4n) is 2.94. The average molecular weight is 317 g/mol. The van der Waals surface area contributed by atoms with Crippen LogP contribution in [0.5, 0.6) is 5.88 Å². The average Bonchev–Trinajstić information content (AvgIpc) is 2.57. The first-order chi connectivity index (χ1) is 11.0. The normalized spacial score (nSPS) is 24.4. The number of hydrogen-bond acceptors (Lipinski definition) is 4. The molecule has 0 radical (unpaired) electrons. The molecule has 2 aromatic rings. The molecule has 1 saturated carbocycles. The number of alkyl halides is 1. The Morgan fingerprint density at radius 1 is 1.35 bits per heavy atom. The number of ether oxygens (including phenoxy) is 1. The molecule has 1 N–H and O–H groups in total. The van der Waals surface area contributed by atoms with E-state index in [0.29, 0.717) is 48.3 Å². The van der Waals surface area contributed by atoms with E-state index in [2.05, 4.69) is 15.3 Å². The zero-order valence-electron chi connectivity index (χ0n) is 13.3. The van der Waals surface area contributed by atoms with Crippen molar-refractivity contribution >= 4 is 22.6 Å². The number of carbonyl (C=O) groups is 1. The van der Waals surface area contributed by atoms with E-state index in [4.69, 9.17) is 4.74 Å². The van der Waals surface area contributed by atoms with Gasteiger partial charge in [-0.05, 0) is 37.8 Å². The molecule has 0 aliphatic heterocycles. The molecule has 0 bridgehead atoms. The minimum Gasteiger partial charge on any atom is -0.481 e. The van der Waals surface area contributed by atoms with Gasteiger partial charge < -0.3 is 10.1 Å². The van der Waals surface area contributed by atoms with Crippen LogP contribution < -0.4 is 10.1 Å². The van der Waals surface area contributed by atoms with E-state index in [1.807, 2.05) is 6.92 Å². The van der Waals surface area contributed by atoms with E-state index < -0.39 is 11.6 Å². The lowest BCUT2D eigenvalue weighted by atomic mass is 9.74. The van der Waals surface area contributed by atoms with Crippen molar-refractivity contribution in [1.29, 1.82) is 0 Å². The van der Waals surface area contributed by atoms with Crippen molar-refractivity contribution < 1.29 is 13.9 Å². The Balaban J connectivity index is 1.87. The highest BCUT2D eigenvalue weighted by Crippen LogP contribution is 2.38. The van der Waals surface area contributed by atoms with Gasteiger partial charge in [-0.25, -0.2) is 9.37 Å². The predicted octanol–water partition coefficient (Wildman–Crippen LogP) is 3.50. The standard InChI is InChI=1S/C17H20FN3O2/c1-17(8-5-11(18)6-9-17)16(22)20-13-7-10-19-12-3-4-14(23-2)21-15(12)13/h3-4,7,10-11H,5-6,8-9H2,1-2H3,(H,19,20,22)/t11-,17-. The number of carbonyl (C=O) groups excluding carboxylic acids is 1. The molecular weight excluding hydrogens is 297 g/mol. The van der Waals surface area contributed by atoms with Gasteiger partial charge in [-0.3, -0.25) is 9.78 Å². The summed E-state index contributed by atoms with van der Waals surface area (Å²) in [7, 11) is 1.54. The number of nitrogens with zero attached hydrogens (tertiary/aromatic N) is 2. The van der Waals surface area contributed by atoms with Crippen LogP contribution in [0.15, 0.2) is 24.4 Å². The molecule has 2 heterocycles. The number of aromatic nitrogens is 2. The Morgan fingerprint density at radius 2 is 2.09 bits per heavy atom. The molecule has 1 fully saturated rings. The van der Waals surface area contributed by atoms with Crippen molar-refractivity contribution in [2.45, 2.75) is 38.8 Å². The van der Waals surface area contributed by atoms with Crippen molar-refractivity contribution in [3.8, 4) is 5.88 Å². The lowest BCUT2D eigenvalue weighted by molar-refractivity contribution is -0.126. The van der Waals surface area contributed by atoms with Crippen LogP contribution in [0.25, 0.3) is 11.0 Å².